The van der Waals surface area contributed by atoms with Crippen molar-refractivity contribution in [3.63, 3.8) is 0 Å². The highest BCUT2D eigenvalue weighted by atomic mass is 16.5. The topological polar surface area (TPSA) is 93.3 Å². The lowest BCUT2D eigenvalue weighted by Gasteiger charge is -2.22. The van der Waals surface area contributed by atoms with Gasteiger partial charge in [-0.05, 0) is 12.3 Å². The summed E-state index contributed by atoms with van der Waals surface area (Å²) in [6.07, 6.45) is 0.668. The summed E-state index contributed by atoms with van der Waals surface area (Å²) < 4.78 is 4.99. The Hall–Kier alpha value is -1.40. The maximum Gasteiger partial charge on any atom is 0.158 e. The first-order valence-corrected chi connectivity index (χ1v) is 6.06. The lowest BCUT2D eigenvalue weighted by atomic mass is 10.0. The van der Waals surface area contributed by atoms with Gasteiger partial charge < -0.3 is 20.9 Å². The first-order valence-electron chi connectivity index (χ1n) is 6.06. The molecule has 6 nitrogen and oxygen atoms in total. The number of nitrogens with zero attached hydrogens (tertiary/aromatic N) is 2. The van der Waals surface area contributed by atoms with E-state index in [4.69, 9.17) is 15.6 Å². The summed E-state index contributed by atoms with van der Waals surface area (Å²) in [6, 6.07) is 1.84. The molecule has 0 aliphatic carbocycles. The Bertz CT molecular complexity index is 371. The Kier molecular flexibility index (Phi) is 5.80. The molecule has 0 aromatic carbocycles. The second-order valence-electron chi connectivity index (χ2n) is 4.53. The van der Waals surface area contributed by atoms with Crippen LogP contribution in [0.15, 0.2) is 6.07 Å². The molecule has 1 aromatic rings. The number of nitrogens with one attached hydrogen (secondary N) is 1. The molecule has 0 fully saturated rings. The smallest absolute Gasteiger partial charge is 0.158 e. The number of anilines is 2. The summed E-state index contributed by atoms with van der Waals surface area (Å²) in [5.41, 5.74) is 5.72. The molecular formula is C12H22N4O2. The number of aromatic nitrogens is 2. The SMILES string of the molecule is COCc1nc(N)cc(NC(CCO)C(C)C)n1. The zero-order valence-electron chi connectivity index (χ0n) is 11.2. The molecule has 0 saturated carbocycles. The summed E-state index contributed by atoms with van der Waals surface area (Å²) in [4.78, 5) is 8.39. The van der Waals surface area contributed by atoms with Gasteiger partial charge in [0.25, 0.3) is 0 Å². The van der Waals surface area contributed by atoms with Crippen molar-refractivity contribution in [2.24, 2.45) is 5.92 Å². The molecule has 102 valence electrons. The second-order valence-corrected chi connectivity index (χ2v) is 4.53. The Morgan fingerprint density at radius 3 is 2.72 bits per heavy atom. The van der Waals surface area contributed by atoms with Gasteiger partial charge in [0, 0.05) is 25.8 Å². The van der Waals surface area contributed by atoms with Gasteiger partial charge in [0.05, 0.1) is 0 Å². The van der Waals surface area contributed by atoms with Crippen molar-refractivity contribution >= 4 is 11.6 Å². The summed E-state index contributed by atoms with van der Waals surface area (Å²) >= 11 is 0. The van der Waals surface area contributed by atoms with Crippen molar-refractivity contribution < 1.29 is 9.84 Å². The van der Waals surface area contributed by atoms with Gasteiger partial charge in [0.15, 0.2) is 5.82 Å². The van der Waals surface area contributed by atoms with Crippen LogP contribution >= 0.6 is 0 Å². The number of nitrogens with two attached hydrogens (primary N) is 1. The number of aliphatic hydroxyl groups is 1. The number of nitrogen functional groups attached to an aromatic ring is 1. The lowest BCUT2D eigenvalue weighted by Crippen LogP contribution is -2.27. The van der Waals surface area contributed by atoms with E-state index in [1.165, 1.54) is 0 Å². The van der Waals surface area contributed by atoms with Crippen LogP contribution < -0.4 is 11.1 Å². The molecule has 0 aliphatic heterocycles. The van der Waals surface area contributed by atoms with Crippen molar-refractivity contribution in [1.29, 1.82) is 0 Å². The third kappa shape index (κ3) is 4.46. The van der Waals surface area contributed by atoms with E-state index in [-0.39, 0.29) is 12.6 Å². The molecule has 0 spiro atoms. The van der Waals surface area contributed by atoms with Crippen LogP contribution in [0.1, 0.15) is 26.1 Å². The van der Waals surface area contributed by atoms with Crippen molar-refractivity contribution in [1.82, 2.24) is 9.97 Å². The summed E-state index contributed by atoms with van der Waals surface area (Å²) in [6.45, 7) is 4.65. The molecule has 0 saturated heterocycles. The number of rotatable bonds is 7. The molecule has 0 aliphatic rings. The maximum absolute atomic E-state index is 9.04. The average Bonchev–Trinajstić information content (AvgIpc) is 2.28. The normalized spacial score (nSPS) is 12.7. The van der Waals surface area contributed by atoms with Crippen molar-refractivity contribution in [2.75, 3.05) is 24.8 Å². The van der Waals surface area contributed by atoms with Crippen LogP contribution in [0.3, 0.4) is 0 Å². The molecule has 18 heavy (non-hydrogen) atoms. The highest BCUT2D eigenvalue weighted by Gasteiger charge is 2.14. The van der Waals surface area contributed by atoms with E-state index in [2.05, 4.69) is 29.1 Å². The Balaban J connectivity index is 2.81. The summed E-state index contributed by atoms with van der Waals surface area (Å²) in [5, 5.41) is 12.3. The van der Waals surface area contributed by atoms with Crippen molar-refractivity contribution in [2.45, 2.75) is 32.9 Å². The maximum atomic E-state index is 9.04. The highest BCUT2D eigenvalue weighted by Crippen LogP contribution is 2.15. The minimum atomic E-state index is 0.140. The van der Waals surface area contributed by atoms with Crippen molar-refractivity contribution in [3.05, 3.63) is 11.9 Å². The van der Waals surface area contributed by atoms with E-state index in [1.54, 1.807) is 13.2 Å². The highest BCUT2D eigenvalue weighted by molar-refractivity contribution is 5.45. The lowest BCUT2D eigenvalue weighted by molar-refractivity contribution is 0.178. The van der Waals surface area contributed by atoms with E-state index in [0.717, 1.165) is 0 Å². The largest absolute Gasteiger partial charge is 0.396 e. The molecule has 0 bridgehead atoms. The zero-order chi connectivity index (χ0) is 13.5. The first-order chi connectivity index (χ1) is 8.56. The van der Waals surface area contributed by atoms with Gasteiger partial charge in [-0.15, -0.1) is 0 Å². The number of methoxy groups -OCH3 is 1. The van der Waals surface area contributed by atoms with Gasteiger partial charge >= 0.3 is 0 Å². The Morgan fingerprint density at radius 1 is 1.44 bits per heavy atom. The predicted octanol–water partition coefficient (Wildman–Crippen LogP) is 1.02. The standard InChI is InChI=1S/C12H22N4O2/c1-8(2)9(4-5-17)14-11-6-10(13)15-12(16-11)7-18-3/h6,8-9,17H,4-5,7H2,1-3H3,(H3,13,14,15,16). The Labute approximate surface area is 108 Å². The van der Waals surface area contributed by atoms with E-state index in [0.29, 0.717) is 36.4 Å². The molecule has 1 rings (SSSR count). The zero-order valence-corrected chi connectivity index (χ0v) is 11.2. The molecule has 1 heterocycles. The summed E-state index contributed by atoms with van der Waals surface area (Å²) in [7, 11) is 1.59. The van der Waals surface area contributed by atoms with Crippen LogP contribution in [0.25, 0.3) is 0 Å². The third-order valence-electron chi connectivity index (χ3n) is 2.64. The Morgan fingerprint density at radius 2 is 2.17 bits per heavy atom. The van der Waals surface area contributed by atoms with E-state index in [9.17, 15) is 0 Å². The van der Waals surface area contributed by atoms with Crippen LogP contribution in [0.2, 0.25) is 0 Å². The first kappa shape index (κ1) is 14.7. The molecule has 0 radical (unpaired) electrons. The van der Waals surface area contributed by atoms with Crippen LogP contribution in [-0.4, -0.2) is 34.8 Å². The average molecular weight is 254 g/mol. The predicted molar refractivity (Wildman–Crippen MR) is 71.1 cm³/mol. The molecule has 6 heteroatoms. The van der Waals surface area contributed by atoms with Crippen LogP contribution in [0.4, 0.5) is 11.6 Å². The van der Waals surface area contributed by atoms with E-state index < -0.39 is 0 Å². The molecular weight excluding hydrogens is 232 g/mol. The van der Waals surface area contributed by atoms with Gasteiger partial charge in [-0.3, -0.25) is 0 Å². The fourth-order valence-electron chi connectivity index (χ4n) is 1.69. The van der Waals surface area contributed by atoms with Crippen LogP contribution in [-0.2, 0) is 11.3 Å². The van der Waals surface area contributed by atoms with Crippen LogP contribution in [0.5, 0.6) is 0 Å². The fraction of sp³-hybridized carbons (Fsp3) is 0.667. The van der Waals surface area contributed by atoms with Gasteiger partial charge in [0.2, 0.25) is 0 Å². The third-order valence-corrected chi connectivity index (χ3v) is 2.64. The fourth-order valence-corrected chi connectivity index (χ4v) is 1.69. The van der Waals surface area contributed by atoms with Gasteiger partial charge in [-0.1, -0.05) is 13.8 Å². The quantitative estimate of drug-likeness (QED) is 0.673. The second kappa shape index (κ2) is 7.13. The summed E-state index contributed by atoms with van der Waals surface area (Å²) in [5.74, 6) is 2.01. The van der Waals surface area contributed by atoms with E-state index in [1.807, 2.05) is 0 Å². The number of aliphatic hydroxyl groups excluding tert-OH is 1. The number of hydrogen-bond acceptors (Lipinski definition) is 6. The minimum Gasteiger partial charge on any atom is -0.396 e. The molecule has 4 N–H and O–H groups in total. The monoisotopic (exact) mass is 254 g/mol. The van der Waals surface area contributed by atoms with Gasteiger partial charge in [-0.2, -0.15) is 0 Å². The van der Waals surface area contributed by atoms with Gasteiger partial charge in [0.1, 0.15) is 18.2 Å². The van der Waals surface area contributed by atoms with Gasteiger partial charge in [-0.25, -0.2) is 9.97 Å². The minimum absolute atomic E-state index is 0.140. The van der Waals surface area contributed by atoms with E-state index >= 15 is 0 Å². The molecule has 1 unspecified atom stereocenters. The molecule has 0 amide bonds. The molecule has 1 aromatic heterocycles. The van der Waals surface area contributed by atoms with Crippen LogP contribution in [0, 0.1) is 5.92 Å². The molecule has 1 atom stereocenters. The number of ether oxygens (including phenoxy) is 1. The van der Waals surface area contributed by atoms with Crippen molar-refractivity contribution in [3.8, 4) is 0 Å². The number of hydrogen-bond donors (Lipinski definition) is 3.